The molecule has 2 heterocycles. The molecule has 0 fully saturated rings. The van der Waals surface area contributed by atoms with E-state index in [1.54, 1.807) is 23.1 Å². The van der Waals surface area contributed by atoms with Crippen LogP contribution in [-0.4, -0.2) is 9.97 Å². The molecule has 0 saturated carbocycles. The Morgan fingerprint density at radius 1 is 1.16 bits per heavy atom. The van der Waals surface area contributed by atoms with Crippen molar-refractivity contribution in [1.82, 2.24) is 9.97 Å². The molecule has 19 heavy (non-hydrogen) atoms. The standard InChI is InChI=1S/C12H9BrN4S2/c13-7-1-3-8(4-2-7)19-11-9-5-6-18-10(9)15-12(16-11)17-14/h1-6H,14H2,(H,15,16,17). The second-order valence-electron chi connectivity index (χ2n) is 3.69. The molecule has 3 N–H and O–H groups in total. The molecule has 0 aliphatic carbocycles. The highest BCUT2D eigenvalue weighted by molar-refractivity contribution is 9.10. The Hall–Kier alpha value is -1.15. The number of fused-ring (bicyclic) bond motifs is 1. The number of hydrogen-bond donors (Lipinski definition) is 2. The first kappa shape index (κ1) is 12.9. The monoisotopic (exact) mass is 352 g/mol. The molecule has 0 aliphatic heterocycles. The van der Waals surface area contributed by atoms with Crippen LogP contribution < -0.4 is 11.3 Å². The van der Waals surface area contributed by atoms with Crippen molar-refractivity contribution in [2.24, 2.45) is 5.84 Å². The van der Waals surface area contributed by atoms with Gasteiger partial charge in [-0.3, -0.25) is 5.43 Å². The van der Waals surface area contributed by atoms with E-state index in [0.717, 1.165) is 24.6 Å². The van der Waals surface area contributed by atoms with Gasteiger partial charge in [-0.05, 0) is 35.7 Å². The average Bonchev–Trinajstić information content (AvgIpc) is 2.89. The minimum absolute atomic E-state index is 0.439. The van der Waals surface area contributed by atoms with E-state index < -0.39 is 0 Å². The second kappa shape index (κ2) is 5.46. The molecule has 0 spiro atoms. The summed E-state index contributed by atoms with van der Waals surface area (Å²) in [6.45, 7) is 0. The van der Waals surface area contributed by atoms with Crippen LogP contribution in [-0.2, 0) is 0 Å². The summed E-state index contributed by atoms with van der Waals surface area (Å²) in [5.74, 6) is 5.85. The number of nitrogens with two attached hydrogens (primary N) is 1. The molecule has 3 rings (SSSR count). The van der Waals surface area contributed by atoms with Crippen molar-refractivity contribution in [2.75, 3.05) is 5.43 Å². The molecule has 2 aromatic heterocycles. The Balaban J connectivity index is 2.03. The molecule has 4 nitrogen and oxygen atoms in total. The zero-order chi connectivity index (χ0) is 13.2. The summed E-state index contributed by atoms with van der Waals surface area (Å²) >= 11 is 6.60. The lowest BCUT2D eigenvalue weighted by Gasteiger charge is -2.05. The van der Waals surface area contributed by atoms with Crippen LogP contribution >= 0.6 is 39.0 Å². The summed E-state index contributed by atoms with van der Waals surface area (Å²) in [6, 6.07) is 10.1. The number of aromatic nitrogens is 2. The predicted molar refractivity (Wildman–Crippen MR) is 83.5 cm³/mol. The number of nitrogen functional groups attached to an aromatic ring is 1. The van der Waals surface area contributed by atoms with E-state index in [1.165, 1.54) is 0 Å². The molecule has 0 atom stereocenters. The van der Waals surface area contributed by atoms with Gasteiger partial charge in [-0.1, -0.05) is 27.7 Å². The summed E-state index contributed by atoms with van der Waals surface area (Å²) in [4.78, 5) is 10.8. The normalized spacial score (nSPS) is 10.8. The fourth-order valence-corrected chi connectivity index (χ4v) is 3.58. The van der Waals surface area contributed by atoms with Gasteiger partial charge in [0.15, 0.2) is 0 Å². The van der Waals surface area contributed by atoms with E-state index >= 15 is 0 Å². The fourth-order valence-electron chi connectivity index (χ4n) is 1.58. The molecule has 96 valence electrons. The predicted octanol–water partition coefficient (Wildman–Crippen LogP) is 3.89. The Labute approximate surface area is 126 Å². The lowest BCUT2D eigenvalue weighted by atomic mass is 10.4. The Bertz CT molecular complexity index is 711. The van der Waals surface area contributed by atoms with Crippen molar-refractivity contribution in [3.8, 4) is 0 Å². The minimum atomic E-state index is 0.439. The molecule has 0 radical (unpaired) electrons. The molecular weight excluding hydrogens is 344 g/mol. The van der Waals surface area contributed by atoms with Crippen molar-refractivity contribution in [1.29, 1.82) is 0 Å². The van der Waals surface area contributed by atoms with Gasteiger partial charge in [0.2, 0.25) is 5.95 Å². The molecule has 1 aromatic carbocycles. The van der Waals surface area contributed by atoms with Crippen molar-refractivity contribution in [3.05, 3.63) is 40.2 Å². The maximum absolute atomic E-state index is 5.41. The Morgan fingerprint density at radius 3 is 2.68 bits per heavy atom. The summed E-state index contributed by atoms with van der Waals surface area (Å²) < 4.78 is 1.06. The molecule has 7 heteroatoms. The number of hydrazine groups is 1. The fraction of sp³-hybridized carbons (Fsp3) is 0. The zero-order valence-corrected chi connectivity index (χ0v) is 12.8. The SMILES string of the molecule is NNc1nc(Sc2ccc(Br)cc2)c2ccsc2n1. The molecule has 0 saturated heterocycles. The van der Waals surface area contributed by atoms with Gasteiger partial charge in [-0.2, -0.15) is 0 Å². The van der Waals surface area contributed by atoms with E-state index in [-0.39, 0.29) is 0 Å². The smallest absolute Gasteiger partial charge is 0.239 e. The van der Waals surface area contributed by atoms with Gasteiger partial charge in [0.05, 0.1) is 0 Å². The number of nitrogens with zero attached hydrogens (tertiary/aromatic N) is 2. The number of halogens is 1. The van der Waals surface area contributed by atoms with E-state index in [2.05, 4.69) is 31.3 Å². The second-order valence-corrected chi connectivity index (χ2v) is 6.56. The first-order valence-corrected chi connectivity index (χ1v) is 7.90. The van der Waals surface area contributed by atoms with E-state index in [9.17, 15) is 0 Å². The Morgan fingerprint density at radius 2 is 1.95 bits per heavy atom. The topological polar surface area (TPSA) is 63.8 Å². The van der Waals surface area contributed by atoms with Gasteiger partial charge < -0.3 is 0 Å². The molecule has 3 aromatic rings. The highest BCUT2D eigenvalue weighted by Crippen LogP contribution is 2.34. The van der Waals surface area contributed by atoms with Gasteiger partial charge in [0.25, 0.3) is 0 Å². The van der Waals surface area contributed by atoms with Crippen LogP contribution in [0.3, 0.4) is 0 Å². The first-order valence-electron chi connectivity index (χ1n) is 5.41. The molecule has 0 unspecified atom stereocenters. The number of thiophene rings is 1. The third kappa shape index (κ3) is 2.74. The van der Waals surface area contributed by atoms with Crippen LogP contribution in [0, 0.1) is 0 Å². The van der Waals surface area contributed by atoms with Gasteiger partial charge >= 0.3 is 0 Å². The maximum Gasteiger partial charge on any atom is 0.239 e. The number of hydrogen-bond acceptors (Lipinski definition) is 6. The zero-order valence-electron chi connectivity index (χ0n) is 9.63. The molecular formula is C12H9BrN4S2. The number of rotatable bonds is 3. The Kier molecular flexibility index (Phi) is 3.69. The molecule has 0 amide bonds. The van der Waals surface area contributed by atoms with Crippen molar-refractivity contribution in [3.63, 3.8) is 0 Å². The average molecular weight is 353 g/mol. The quantitative estimate of drug-likeness (QED) is 0.425. The number of nitrogens with one attached hydrogen (secondary N) is 1. The summed E-state index contributed by atoms with van der Waals surface area (Å²) in [5, 5.41) is 3.96. The van der Waals surface area contributed by atoms with E-state index in [4.69, 9.17) is 5.84 Å². The maximum atomic E-state index is 5.41. The van der Waals surface area contributed by atoms with Gasteiger partial charge in [0.1, 0.15) is 9.86 Å². The van der Waals surface area contributed by atoms with Crippen molar-refractivity contribution in [2.45, 2.75) is 9.92 Å². The van der Waals surface area contributed by atoms with Crippen LogP contribution in [0.2, 0.25) is 0 Å². The summed E-state index contributed by atoms with van der Waals surface area (Å²) in [7, 11) is 0. The van der Waals surface area contributed by atoms with E-state index in [0.29, 0.717) is 5.95 Å². The summed E-state index contributed by atoms with van der Waals surface area (Å²) in [6.07, 6.45) is 0. The van der Waals surface area contributed by atoms with Crippen LogP contribution in [0.25, 0.3) is 10.2 Å². The van der Waals surface area contributed by atoms with Crippen LogP contribution in [0.1, 0.15) is 0 Å². The van der Waals surface area contributed by atoms with E-state index in [1.807, 2.05) is 35.7 Å². The number of benzene rings is 1. The third-order valence-electron chi connectivity index (χ3n) is 2.45. The highest BCUT2D eigenvalue weighted by Gasteiger charge is 2.09. The van der Waals surface area contributed by atoms with Crippen LogP contribution in [0.15, 0.2) is 50.1 Å². The minimum Gasteiger partial charge on any atom is -0.292 e. The highest BCUT2D eigenvalue weighted by atomic mass is 79.9. The molecule has 0 aliphatic rings. The van der Waals surface area contributed by atoms with Crippen LogP contribution in [0.4, 0.5) is 5.95 Å². The molecule has 0 bridgehead atoms. The summed E-state index contributed by atoms with van der Waals surface area (Å²) in [5.41, 5.74) is 2.51. The van der Waals surface area contributed by atoms with Gasteiger partial charge in [0, 0.05) is 14.8 Å². The lowest BCUT2D eigenvalue weighted by Crippen LogP contribution is -2.10. The lowest BCUT2D eigenvalue weighted by molar-refractivity contribution is 1.08. The van der Waals surface area contributed by atoms with Crippen molar-refractivity contribution >= 4 is 55.2 Å². The number of anilines is 1. The van der Waals surface area contributed by atoms with Crippen molar-refractivity contribution < 1.29 is 0 Å². The van der Waals surface area contributed by atoms with Gasteiger partial charge in [-0.25, -0.2) is 15.8 Å². The first-order chi connectivity index (χ1) is 9.26. The largest absolute Gasteiger partial charge is 0.292 e. The third-order valence-corrected chi connectivity index (χ3v) is 4.80. The van der Waals surface area contributed by atoms with Crippen LogP contribution in [0.5, 0.6) is 0 Å². The van der Waals surface area contributed by atoms with Gasteiger partial charge in [-0.15, -0.1) is 11.3 Å².